The monoisotopic (exact) mass is 210 g/mol. The largest absolute Gasteiger partial charge is 0.392 e. The number of hydrogen-bond acceptors (Lipinski definition) is 0. The number of hydrogen-bond donors (Lipinski definition) is 0. The van der Waals surface area contributed by atoms with E-state index in [1.807, 2.05) is 0 Å². The van der Waals surface area contributed by atoms with Gasteiger partial charge in [-0.15, -0.1) is 0 Å². The summed E-state index contributed by atoms with van der Waals surface area (Å²) in [7, 11) is 0. The molecule has 0 spiro atoms. The molecule has 13 heavy (non-hydrogen) atoms. The fourth-order valence-corrected chi connectivity index (χ4v) is 1.18. The Balaban J connectivity index is 2.80. The average Bonchev–Trinajstić information content (AvgIpc) is 2.21. The van der Waals surface area contributed by atoms with Crippen molar-refractivity contribution in [3.05, 3.63) is 0 Å². The molecule has 1 atom stereocenters. The Labute approximate surface area is 68.7 Å². The maximum absolute atomic E-state index is 12.1. The second kappa shape index (κ2) is 2.30. The Hall–Kier alpha value is -0.490. The summed E-state index contributed by atoms with van der Waals surface area (Å²) in [6, 6.07) is 0. The normalized spacial score (nSPS) is 28.6. The van der Waals surface area contributed by atoms with Crippen molar-refractivity contribution < 1.29 is 30.7 Å². The molecule has 0 heterocycles. The van der Waals surface area contributed by atoms with Gasteiger partial charge in [-0.2, -0.15) is 30.7 Å². The molecule has 1 unspecified atom stereocenters. The van der Waals surface area contributed by atoms with E-state index in [2.05, 4.69) is 0 Å². The first-order chi connectivity index (χ1) is 5.53. The molecule has 0 aromatic heterocycles. The van der Waals surface area contributed by atoms with Crippen molar-refractivity contribution in [2.24, 2.45) is 11.8 Å². The van der Waals surface area contributed by atoms with Crippen molar-refractivity contribution >= 4 is 0 Å². The van der Waals surface area contributed by atoms with Crippen molar-refractivity contribution in [3.8, 4) is 0 Å². The predicted molar refractivity (Wildman–Crippen MR) is 28.6 cm³/mol. The van der Waals surface area contributed by atoms with Crippen LogP contribution in [0.25, 0.3) is 0 Å². The highest BCUT2D eigenvalue weighted by atomic mass is 19.4. The van der Waals surface area contributed by atoms with Crippen LogP contribution in [0.15, 0.2) is 0 Å². The quantitative estimate of drug-likeness (QED) is 0.583. The maximum Gasteiger partial charge on any atom is 0.392 e. The van der Waals surface area contributed by atoms with Crippen LogP contribution >= 0.6 is 0 Å². The van der Waals surface area contributed by atoms with Crippen molar-refractivity contribution in [1.82, 2.24) is 0 Å². The summed E-state index contributed by atoms with van der Waals surface area (Å²) < 4.78 is 83.7. The molecule has 1 saturated carbocycles. The summed E-state index contributed by atoms with van der Waals surface area (Å²) in [5.41, 5.74) is 0. The van der Waals surface area contributed by atoms with Gasteiger partial charge in [-0.1, -0.05) is 6.92 Å². The minimum Gasteiger partial charge on any atom is -0.199 e. The number of rotatable bonds is 1. The van der Waals surface area contributed by atoms with Crippen molar-refractivity contribution in [2.45, 2.75) is 24.9 Å². The van der Waals surface area contributed by atoms with Crippen LogP contribution in [-0.4, -0.2) is 18.0 Å². The minimum absolute atomic E-state index is 0.333. The van der Waals surface area contributed by atoms with Crippen LogP contribution < -0.4 is 0 Å². The average molecular weight is 210 g/mol. The summed E-state index contributed by atoms with van der Waals surface area (Å²) in [4.78, 5) is 0. The van der Waals surface area contributed by atoms with E-state index < -0.39 is 29.9 Å². The highest BCUT2D eigenvalue weighted by Gasteiger charge is 2.88. The van der Waals surface area contributed by atoms with Crippen LogP contribution in [0.5, 0.6) is 0 Å². The van der Waals surface area contributed by atoms with E-state index in [4.69, 9.17) is 0 Å². The smallest absolute Gasteiger partial charge is 0.199 e. The van der Waals surface area contributed by atoms with Gasteiger partial charge < -0.3 is 0 Å². The molecule has 0 saturated heterocycles. The second-order valence-corrected chi connectivity index (χ2v) is 3.05. The molecule has 78 valence electrons. The van der Waals surface area contributed by atoms with Crippen molar-refractivity contribution in [3.63, 3.8) is 0 Å². The lowest BCUT2D eigenvalue weighted by molar-refractivity contribution is -0.183. The molecular weight excluding hydrogens is 205 g/mol. The van der Waals surface area contributed by atoms with Crippen molar-refractivity contribution in [2.75, 3.05) is 0 Å². The topological polar surface area (TPSA) is 0 Å². The Morgan fingerprint density at radius 1 is 1.00 bits per heavy atom. The van der Waals surface area contributed by atoms with Gasteiger partial charge in [-0.25, -0.2) is 0 Å². The third-order valence-corrected chi connectivity index (χ3v) is 2.16. The first-order valence-electron chi connectivity index (χ1n) is 3.35. The van der Waals surface area contributed by atoms with Crippen LogP contribution in [-0.2, 0) is 0 Å². The molecule has 1 fully saturated rings. The zero-order valence-corrected chi connectivity index (χ0v) is 6.30. The molecular formula is C6H5F7. The number of alkyl halides is 7. The van der Waals surface area contributed by atoms with E-state index in [9.17, 15) is 30.7 Å². The molecule has 0 N–H and O–H groups in total. The fourth-order valence-electron chi connectivity index (χ4n) is 1.18. The number of halogens is 7. The van der Waals surface area contributed by atoms with Crippen LogP contribution in [0.3, 0.4) is 0 Å². The van der Waals surface area contributed by atoms with Gasteiger partial charge >= 0.3 is 18.0 Å². The molecule has 1 rings (SSSR count). The van der Waals surface area contributed by atoms with Gasteiger partial charge in [0.05, 0.1) is 5.92 Å². The Morgan fingerprint density at radius 2 is 1.31 bits per heavy atom. The van der Waals surface area contributed by atoms with Gasteiger partial charge in [-0.05, 0) is 0 Å². The van der Waals surface area contributed by atoms with Gasteiger partial charge in [0.1, 0.15) is 5.92 Å². The minimum atomic E-state index is -5.01. The lowest BCUT2D eigenvalue weighted by atomic mass is 10.1. The first-order valence-corrected chi connectivity index (χ1v) is 3.35. The molecule has 0 bridgehead atoms. The Morgan fingerprint density at radius 3 is 1.38 bits per heavy atom. The van der Waals surface area contributed by atoms with E-state index in [-0.39, 0.29) is 0 Å². The van der Waals surface area contributed by atoms with E-state index in [1.165, 1.54) is 0 Å². The van der Waals surface area contributed by atoms with Gasteiger partial charge in [0, 0.05) is 0 Å². The molecule has 0 aromatic carbocycles. The Bertz CT molecular complexity index is 202. The van der Waals surface area contributed by atoms with E-state index >= 15 is 0 Å². The molecule has 0 aliphatic heterocycles. The van der Waals surface area contributed by atoms with E-state index in [1.54, 1.807) is 0 Å². The summed E-state index contributed by atoms with van der Waals surface area (Å²) in [6.07, 6.45) is -5.01. The molecule has 0 aromatic rings. The highest BCUT2D eigenvalue weighted by Crippen LogP contribution is 2.67. The van der Waals surface area contributed by atoms with Crippen molar-refractivity contribution in [1.29, 1.82) is 0 Å². The fraction of sp³-hybridized carbons (Fsp3) is 1.00. The van der Waals surface area contributed by atoms with Gasteiger partial charge in [-0.3, -0.25) is 0 Å². The maximum atomic E-state index is 12.1. The lowest BCUT2D eigenvalue weighted by Crippen LogP contribution is -2.24. The zero-order chi connectivity index (χ0) is 10.7. The molecule has 0 amide bonds. The third-order valence-electron chi connectivity index (χ3n) is 2.16. The zero-order valence-electron chi connectivity index (χ0n) is 6.30. The van der Waals surface area contributed by atoms with E-state index in [0.717, 1.165) is 0 Å². The van der Waals surface area contributed by atoms with Gasteiger partial charge in [0.2, 0.25) is 0 Å². The molecule has 0 nitrogen and oxygen atoms in total. The van der Waals surface area contributed by atoms with Crippen LogP contribution in [0.2, 0.25) is 0 Å². The summed E-state index contributed by atoms with van der Waals surface area (Å²) in [5.74, 6) is -14.6. The predicted octanol–water partition coefficient (Wildman–Crippen LogP) is 3.09. The standard InChI is InChI=1S/C6H5F7/c1-2(6(11,12)13)3-4(7,8)5(3,9)10/h2-3H,1H3. The van der Waals surface area contributed by atoms with Gasteiger partial charge in [0.15, 0.2) is 0 Å². The summed E-state index contributed by atoms with van der Waals surface area (Å²) in [6.45, 7) is 0.333. The van der Waals surface area contributed by atoms with Crippen LogP contribution in [0.4, 0.5) is 30.7 Å². The molecule has 0 radical (unpaired) electrons. The van der Waals surface area contributed by atoms with Crippen LogP contribution in [0.1, 0.15) is 6.92 Å². The summed E-state index contributed by atoms with van der Waals surface area (Å²) >= 11 is 0. The summed E-state index contributed by atoms with van der Waals surface area (Å²) in [5, 5.41) is 0. The Kier molecular flexibility index (Phi) is 1.87. The SMILES string of the molecule is CC(C1C(F)(F)C1(F)F)C(F)(F)F. The second-order valence-electron chi connectivity index (χ2n) is 3.05. The first kappa shape index (κ1) is 10.6. The highest BCUT2D eigenvalue weighted by molar-refractivity contribution is 5.16. The lowest BCUT2D eigenvalue weighted by Gasteiger charge is -2.13. The molecule has 1 aliphatic rings. The molecule has 1 aliphatic carbocycles. The van der Waals surface area contributed by atoms with Crippen LogP contribution in [0, 0.1) is 11.8 Å². The van der Waals surface area contributed by atoms with E-state index in [0.29, 0.717) is 6.92 Å². The molecule has 7 heteroatoms. The third kappa shape index (κ3) is 1.28. The van der Waals surface area contributed by atoms with Gasteiger partial charge in [0.25, 0.3) is 0 Å².